The number of benzene rings is 1. The van der Waals surface area contributed by atoms with E-state index >= 15 is 0 Å². The SMILES string of the molecule is O=C(NC1(C(=O)O)CCCC1)c1csc(-c2cccc([N+](=O)[O-])c2)n1. The Balaban J connectivity index is 1.81. The average Bonchev–Trinajstić information content (AvgIpc) is 3.25. The topological polar surface area (TPSA) is 122 Å². The summed E-state index contributed by atoms with van der Waals surface area (Å²) in [4.78, 5) is 38.5. The maximum absolute atomic E-state index is 12.4. The van der Waals surface area contributed by atoms with Crippen LogP contribution in [0.3, 0.4) is 0 Å². The highest BCUT2D eigenvalue weighted by atomic mass is 32.1. The Kier molecular flexibility index (Phi) is 4.49. The van der Waals surface area contributed by atoms with Gasteiger partial charge in [-0.15, -0.1) is 11.3 Å². The van der Waals surface area contributed by atoms with Crippen LogP contribution in [0.1, 0.15) is 36.2 Å². The van der Waals surface area contributed by atoms with Gasteiger partial charge in [0.2, 0.25) is 0 Å². The molecule has 1 aliphatic carbocycles. The monoisotopic (exact) mass is 361 g/mol. The Morgan fingerprint density at radius 2 is 2.04 bits per heavy atom. The molecule has 1 aliphatic rings. The van der Waals surface area contributed by atoms with Crippen LogP contribution < -0.4 is 5.32 Å². The molecule has 1 heterocycles. The zero-order chi connectivity index (χ0) is 18.0. The number of carbonyl (C=O) groups is 2. The first kappa shape index (κ1) is 17.0. The van der Waals surface area contributed by atoms with E-state index in [9.17, 15) is 24.8 Å². The van der Waals surface area contributed by atoms with Gasteiger partial charge in [-0.2, -0.15) is 0 Å². The Morgan fingerprint density at radius 1 is 1.32 bits per heavy atom. The molecule has 1 aromatic heterocycles. The molecule has 0 spiro atoms. The van der Waals surface area contributed by atoms with Crippen molar-refractivity contribution in [2.24, 2.45) is 0 Å². The van der Waals surface area contributed by atoms with Crippen molar-refractivity contribution in [3.63, 3.8) is 0 Å². The van der Waals surface area contributed by atoms with Gasteiger partial charge >= 0.3 is 5.97 Å². The van der Waals surface area contributed by atoms with Crippen molar-refractivity contribution < 1.29 is 19.6 Å². The first-order valence-corrected chi connectivity index (χ1v) is 8.55. The predicted octanol–water partition coefficient (Wildman–Crippen LogP) is 2.85. The Bertz CT molecular complexity index is 842. The van der Waals surface area contributed by atoms with Gasteiger partial charge in [0.15, 0.2) is 0 Å². The van der Waals surface area contributed by atoms with Crippen LogP contribution in [0.25, 0.3) is 10.6 Å². The van der Waals surface area contributed by atoms with E-state index in [4.69, 9.17) is 0 Å². The van der Waals surface area contributed by atoms with Crippen LogP contribution in [0.4, 0.5) is 5.69 Å². The number of carboxylic acid groups (broad SMARTS) is 1. The fraction of sp³-hybridized carbons (Fsp3) is 0.312. The molecule has 3 rings (SSSR count). The van der Waals surface area contributed by atoms with Crippen LogP contribution in [0.15, 0.2) is 29.6 Å². The van der Waals surface area contributed by atoms with Crippen molar-refractivity contribution in [3.8, 4) is 10.6 Å². The lowest BCUT2D eigenvalue weighted by Gasteiger charge is -2.24. The fourth-order valence-corrected chi connectivity index (χ4v) is 3.71. The van der Waals surface area contributed by atoms with Gasteiger partial charge in [0.1, 0.15) is 16.2 Å². The highest BCUT2D eigenvalue weighted by molar-refractivity contribution is 7.13. The van der Waals surface area contributed by atoms with Crippen molar-refractivity contribution in [1.29, 1.82) is 0 Å². The Labute approximate surface area is 146 Å². The number of carboxylic acids is 1. The zero-order valence-electron chi connectivity index (χ0n) is 13.1. The van der Waals surface area contributed by atoms with E-state index in [1.54, 1.807) is 12.1 Å². The number of hydrogen-bond acceptors (Lipinski definition) is 6. The van der Waals surface area contributed by atoms with Crippen molar-refractivity contribution in [2.75, 3.05) is 0 Å². The quantitative estimate of drug-likeness (QED) is 0.623. The van der Waals surface area contributed by atoms with Gasteiger partial charge in [-0.05, 0) is 12.8 Å². The maximum Gasteiger partial charge on any atom is 0.329 e. The molecule has 0 radical (unpaired) electrons. The van der Waals surface area contributed by atoms with Crippen LogP contribution in [-0.2, 0) is 4.79 Å². The van der Waals surface area contributed by atoms with Gasteiger partial charge in [0.05, 0.1) is 4.92 Å². The lowest BCUT2D eigenvalue weighted by Crippen LogP contribution is -2.52. The molecular weight excluding hydrogens is 346 g/mol. The largest absolute Gasteiger partial charge is 0.480 e. The van der Waals surface area contributed by atoms with E-state index in [2.05, 4.69) is 10.3 Å². The molecule has 0 aliphatic heterocycles. The summed E-state index contributed by atoms with van der Waals surface area (Å²) in [6.07, 6.45) is 2.30. The number of hydrogen-bond donors (Lipinski definition) is 2. The molecule has 2 N–H and O–H groups in total. The molecule has 2 aromatic rings. The molecule has 1 saturated carbocycles. The molecule has 1 aromatic carbocycles. The number of non-ortho nitro benzene ring substituents is 1. The molecule has 25 heavy (non-hydrogen) atoms. The number of nitro groups is 1. The van der Waals surface area contributed by atoms with Gasteiger partial charge in [-0.1, -0.05) is 25.0 Å². The van der Waals surface area contributed by atoms with Crippen LogP contribution in [0.5, 0.6) is 0 Å². The van der Waals surface area contributed by atoms with Gasteiger partial charge in [-0.25, -0.2) is 9.78 Å². The molecule has 8 nitrogen and oxygen atoms in total. The minimum absolute atomic E-state index is 0.0607. The van der Waals surface area contributed by atoms with Crippen molar-refractivity contribution in [3.05, 3.63) is 45.5 Å². The number of aliphatic carboxylic acids is 1. The van der Waals surface area contributed by atoms with Crippen LogP contribution in [-0.4, -0.2) is 32.4 Å². The Hall–Kier alpha value is -2.81. The number of rotatable bonds is 5. The summed E-state index contributed by atoms with van der Waals surface area (Å²) in [5, 5.41) is 24.9. The molecule has 9 heteroatoms. The molecular formula is C16H15N3O5S. The molecule has 1 fully saturated rings. The van der Waals surface area contributed by atoms with Crippen molar-refractivity contribution >= 4 is 28.9 Å². The third-order valence-corrected chi connectivity index (χ3v) is 5.15. The Morgan fingerprint density at radius 3 is 2.68 bits per heavy atom. The predicted molar refractivity (Wildman–Crippen MR) is 90.5 cm³/mol. The summed E-state index contributed by atoms with van der Waals surface area (Å²) >= 11 is 1.17. The number of aromatic nitrogens is 1. The minimum atomic E-state index is -1.23. The van der Waals surface area contributed by atoms with Crippen LogP contribution in [0, 0.1) is 10.1 Å². The number of thiazole rings is 1. The second-order valence-electron chi connectivity index (χ2n) is 5.89. The van der Waals surface area contributed by atoms with E-state index in [0.29, 0.717) is 23.4 Å². The number of nitro benzene ring substituents is 1. The van der Waals surface area contributed by atoms with E-state index in [1.165, 1.54) is 28.8 Å². The van der Waals surface area contributed by atoms with E-state index < -0.39 is 22.3 Å². The first-order chi connectivity index (χ1) is 11.9. The third-order valence-electron chi connectivity index (χ3n) is 4.26. The molecule has 130 valence electrons. The second-order valence-corrected chi connectivity index (χ2v) is 6.75. The maximum atomic E-state index is 12.4. The van der Waals surface area contributed by atoms with E-state index in [0.717, 1.165) is 12.8 Å². The number of nitrogens with zero attached hydrogens (tertiary/aromatic N) is 2. The van der Waals surface area contributed by atoms with Gasteiger partial charge in [0.25, 0.3) is 11.6 Å². The summed E-state index contributed by atoms with van der Waals surface area (Å²) in [6, 6.07) is 5.98. The van der Waals surface area contributed by atoms with Crippen LogP contribution in [0.2, 0.25) is 0 Å². The first-order valence-electron chi connectivity index (χ1n) is 7.67. The molecule has 0 unspecified atom stereocenters. The normalized spacial score (nSPS) is 15.7. The summed E-state index contributed by atoms with van der Waals surface area (Å²) in [7, 11) is 0. The minimum Gasteiger partial charge on any atom is -0.480 e. The average molecular weight is 361 g/mol. The summed E-state index contributed by atoms with van der Waals surface area (Å²) in [6.45, 7) is 0. The molecule has 0 atom stereocenters. The number of carbonyl (C=O) groups excluding carboxylic acids is 1. The van der Waals surface area contributed by atoms with Gasteiger partial charge in [-0.3, -0.25) is 14.9 Å². The fourth-order valence-electron chi connectivity index (χ4n) is 2.92. The smallest absolute Gasteiger partial charge is 0.329 e. The summed E-state index contributed by atoms with van der Waals surface area (Å²) < 4.78 is 0. The summed E-state index contributed by atoms with van der Waals surface area (Å²) in [5.41, 5.74) is -0.646. The lowest BCUT2D eigenvalue weighted by molar-refractivity contribution is -0.384. The van der Waals surface area contributed by atoms with Gasteiger partial charge < -0.3 is 10.4 Å². The van der Waals surface area contributed by atoms with Crippen LogP contribution >= 0.6 is 11.3 Å². The lowest BCUT2D eigenvalue weighted by atomic mass is 9.98. The van der Waals surface area contributed by atoms with E-state index in [1.807, 2.05) is 0 Å². The molecule has 0 saturated heterocycles. The number of amides is 1. The van der Waals surface area contributed by atoms with Crippen molar-refractivity contribution in [2.45, 2.75) is 31.2 Å². The van der Waals surface area contributed by atoms with Gasteiger partial charge in [0, 0.05) is 23.1 Å². The zero-order valence-corrected chi connectivity index (χ0v) is 13.9. The molecule has 0 bridgehead atoms. The van der Waals surface area contributed by atoms with E-state index in [-0.39, 0.29) is 11.4 Å². The summed E-state index contributed by atoms with van der Waals surface area (Å²) in [5.74, 6) is -1.58. The number of nitrogens with one attached hydrogen (secondary N) is 1. The standard InChI is InChI=1S/C16H15N3O5S/c20-13(18-16(15(21)22)6-1-2-7-16)12-9-25-14(17-12)10-4-3-5-11(8-10)19(23)24/h3-5,8-9H,1-2,6-7H2,(H,18,20)(H,21,22). The third kappa shape index (κ3) is 3.36. The highest BCUT2D eigenvalue weighted by Crippen LogP contribution is 2.31. The highest BCUT2D eigenvalue weighted by Gasteiger charge is 2.43. The molecule has 1 amide bonds. The second kappa shape index (κ2) is 6.60. The van der Waals surface area contributed by atoms with Crippen molar-refractivity contribution in [1.82, 2.24) is 10.3 Å².